The Hall–Kier alpha value is -3.48. The van der Waals surface area contributed by atoms with E-state index in [0.717, 1.165) is 36.9 Å². The van der Waals surface area contributed by atoms with Crippen LogP contribution >= 0.6 is 0 Å². The van der Waals surface area contributed by atoms with E-state index < -0.39 is 13.6 Å². The van der Waals surface area contributed by atoms with Gasteiger partial charge in [-0.3, -0.25) is 0 Å². The number of alkyl halides is 1. The van der Waals surface area contributed by atoms with Crippen LogP contribution in [-0.4, -0.2) is 31.7 Å². The summed E-state index contributed by atoms with van der Waals surface area (Å²) in [6, 6.07) is 18.8. The fraction of sp³-hybridized carbons (Fsp3) is 0.125. The van der Waals surface area contributed by atoms with E-state index in [0.29, 0.717) is 17.9 Å². The zero-order chi connectivity index (χ0) is 21.6. The van der Waals surface area contributed by atoms with Gasteiger partial charge in [0.25, 0.3) is 0 Å². The molecule has 3 aliphatic rings. The van der Waals surface area contributed by atoms with Gasteiger partial charge in [0.15, 0.2) is 5.69 Å². The molecule has 7 heteroatoms. The average Bonchev–Trinajstić information content (AvgIpc) is 3.39. The van der Waals surface area contributed by atoms with Gasteiger partial charge in [0.1, 0.15) is 12.9 Å². The fourth-order valence-corrected chi connectivity index (χ4v) is 4.23. The average molecular weight is 419 g/mol. The third kappa shape index (κ3) is 3.21. The number of fused-ring (bicyclic) bond motifs is 2. The number of nitrogens with zero attached hydrogens (tertiary/aromatic N) is 3. The first kappa shape index (κ1) is 19.5. The normalized spacial score (nSPS) is 14.2. The van der Waals surface area contributed by atoms with Gasteiger partial charge < -0.3 is 22.5 Å². The molecule has 5 rings (SSSR count). The maximum absolute atomic E-state index is 15.0. The van der Waals surface area contributed by atoms with Crippen molar-refractivity contribution in [2.24, 2.45) is 0 Å². The summed E-state index contributed by atoms with van der Waals surface area (Å²) in [5, 5.41) is 0. The molecule has 2 aliphatic heterocycles. The maximum Gasteiger partial charge on any atom is 0.737 e. The van der Waals surface area contributed by atoms with Gasteiger partial charge in [0, 0.05) is 36.6 Å². The predicted octanol–water partition coefficient (Wildman–Crippen LogP) is 5.21. The lowest BCUT2D eigenvalue weighted by Crippen LogP contribution is -2.65. The summed E-state index contributed by atoms with van der Waals surface area (Å²) in [6.07, 6.45) is 6.87. The first-order valence-corrected chi connectivity index (χ1v) is 10.2. The zero-order valence-electron chi connectivity index (χ0n) is 17.1. The molecule has 2 aromatic rings. The van der Waals surface area contributed by atoms with Crippen molar-refractivity contribution in [1.29, 1.82) is 0 Å². The highest BCUT2D eigenvalue weighted by Gasteiger charge is 2.50. The zero-order valence-corrected chi connectivity index (χ0v) is 17.1. The Bertz CT molecular complexity index is 1250. The van der Waals surface area contributed by atoms with Gasteiger partial charge in [0.05, 0.1) is 5.56 Å². The molecule has 0 saturated heterocycles. The Morgan fingerprint density at radius 2 is 1.74 bits per heavy atom. The molecule has 0 radical (unpaired) electrons. The second-order valence-electron chi connectivity index (χ2n) is 7.84. The summed E-state index contributed by atoms with van der Waals surface area (Å²) >= 11 is 0. The molecule has 0 amide bonds. The van der Waals surface area contributed by atoms with Gasteiger partial charge in [-0.25, -0.2) is 4.39 Å². The SMILES string of the molecule is CN(CCF)c1ccc(/C=C/c2ccc3cc[n+]4c-3c(c2)-c2cccn2[B-]4(F)F)cc1. The number of aromatic nitrogens is 2. The molecule has 0 bridgehead atoms. The topological polar surface area (TPSA) is 12.1 Å². The van der Waals surface area contributed by atoms with Crippen molar-refractivity contribution < 1.29 is 17.5 Å². The monoisotopic (exact) mass is 419 g/mol. The van der Waals surface area contributed by atoms with Crippen LogP contribution in [0.5, 0.6) is 0 Å². The van der Waals surface area contributed by atoms with E-state index in [9.17, 15) is 13.0 Å². The van der Waals surface area contributed by atoms with E-state index in [1.165, 1.54) is 12.4 Å². The Morgan fingerprint density at radius 1 is 1.00 bits per heavy atom. The van der Waals surface area contributed by atoms with Gasteiger partial charge in [-0.15, -0.1) is 0 Å². The first-order valence-electron chi connectivity index (χ1n) is 10.2. The van der Waals surface area contributed by atoms with Crippen molar-refractivity contribution in [3.05, 3.63) is 84.2 Å². The number of hydrogen-bond donors (Lipinski definition) is 0. The van der Waals surface area contributed by atoms with Crippen molar-refractivity contribution >= 4 is 24.8 Å². The van der Waals surface area contributed by atoms with Crippen LogP contribution in [0, 0.1) is 0 Å². The highest BCUT2D eigenvalue weighted by Crippen LogP contribution is 2.37. The number of halogens is 3. The van der Waals surface area contributed by atoms with E-state index in [1.807, 2.05) is 66.6 Å². The van der Waals surface area contributed by atoms with Gasteiger partial charge in [-0.05, 0) is 53.7 Å². The van der Waals surface area contributed by atoms with Crippen LogP contribution in [0.15, 0.2) is 73.1 Å². The lowest BCUT2D eigenvalue weighted by atomic mass is 9.89. The molecule has 1 aromatic carbocycles. The Morgan fingerprint density at radius 3 is 2.52 bits per heavy atom. The number of benzene rings is 1. The Kier molecular flexibility index (Phi) is 4.61. The van der Waals surface area contributed by atoms with Crippen molar-refractivity contribution in [3.8, 4) is 22.5 Å². The fourth-order valence-electron chi connectivity index (χ4n) is 4.23. The standard InChI is InChI=1S/C24H21BF3N3/c1-29(16-13-26)21-10-7-18(8-11-21)4-5-19-6-9-20-12-15-31-24(20)22(17-19)23-3-2-14-30(23)25(31,27)28/h2-12,14-15,17H,13,16H2,1H3/b5-4+. The third-order valence-electron chi connectivity index (χ3n) is 5.91. The van der Waals surface area contributed by atoms with Crippen LogP contribution in [-0.2, 0) is 0 Å². The number of anilines is 1. The summed E-state index contributed by atoms with van der Waals surface area (Å²) in [5.41, 5.74) is 5.52. The minimum Gasteiger partial charge on any atom is -0.396 e. The van der Waals surface area contributed by atoms with E-state index in [2.05, 4.69) is 0 Å². The van der Waals surface area contributed by atoms with Crippen LogP contribution in [0.1, 0.15) is 11.1 Å². The molecule has 3 heterocycles. The summed E-state index contributed by atoms with van der Waals surface area (Å²) in [4.78, 5) is 1.86. The molecule has 0 fully saturated rings. The van der Waals surface area contributed by atoms with Crippen LogP contribution in [0.3, 0.4) is 0 Å². The minimum atomic E-state index is -3.90. The second kappa shape index (κ2) is 7.34. The first-order chi connectivity index (χ1) is 15.0. The van der Waals surface area contributed by atoms with Crippen molar-refractivity contribution in [3.63, 3.8) is 0 Å². The van der Waals surface area contributed by atoms with Crippen molar-refractivity contribution in [1.82, 2.24) is 4.48 Å². The molecule has 1 aliphatic carbocycles. The lowest BCUT2D eigenvalue weighted by molar-refractivity contribution is -0.554. The van der Waals surface area contributed by atoms with Crippen LogP contribution in [0.25, 0.3) is 34.7 Å². The summed E-state index contributed by atoms with van der Waals surface area (Å²) in [6.45, 7) is -3.93. The summed E-state index contributed by atoms with van der Waals surface area (Å²) in [7, 11) is 1.86. The molecule has 0 atom stereocenters. The molecule has 0 spiro atoms. The third-order valence-corrected chi connectivity index (χ3v) is 5.91. The second-order valence-corrected chi connectivity index (χ2v) is 7.84. The Balaban J connectivity index is 1.53. The quantitative estimate of drug-likeness (QED) is 0.405. The van der Waals surface area contributed by atoms with Crippen molar-refractivity contribution in [2.45, 2.75) is 0 Å². The molecule has 31 heavy (non-hydrogen) atoms. The Labute approximate surface area is 179 Å². The smallest absolute Gasteiger partial charge is 0.396 e. The molecule has 3 nitrogen and oxygen atoms in total. The summed E-state index contributed by atoms with van der Waals surface area (Å²) in [5.74, 6) is 0. The molecule has 0 saturated carbocycles. The van der Waals surface area contributed by atoms with E-state index >= 15 is 0 Å². The highest BCUT2D eigenvalue weighted by molar-refractivity contribution is 6.56. The molecule has 0 N–H and O–H groups in total. The molecular formula is C24H21BF3N3. The van der Waals surface area contributed by atoms with Crippen LogP contribution < -0.4 is 9.38 Å². The number of rotatable bonds is 5. The van der Waals surface area contributed by atoms with E-state index in [4.69, 9.17) is 0 Å². The maximum atomic E-state index is 15.0. The predicted molar refractivity (Wildman–Crippen MR) is 120 cm³/mol. The van der Waals surface area contributed by atoms with Crippen LogP contribution in [0.2, 0.25) is 0 Å². The molecule has 0 unspecified atom stereocenters. The van der Waals surface area contributed by atoms with Gasteiger partial charge >= 0.3 is 6.97 Å². The van der Waals surface area contributed by atoms with Gasteiger partial charge in [-0.1, -0.05) is 30.4 Å². The lowest BCUT2D eigenvalue weighted by Gasteiger charge is -2.27. The molecular weight excluding hydrogens is 398 g/mol. The summed E-state index contributed by atoms with van der Waals surface area (Å²) < 4.78 is 44.7. The molecule has 1 aromatic heterocycles. The van der Waals surface area contributed by atoms with Crippen molar-refractivity contribution in [2.75, 3.05) is 25.2 Å². The van der Waals surface area contributed by atoms with Gasteiger partial charge in [0.2, 0.25) is 0 Å². The minimum absolute atomic E-state index is 0.358. The largest absolute Gasteiger partial charge is 0.737 e. The highest BCUT2D eigenvalue weighted by atomic mass is 19.2. The van der Waals surface area contributed by atoms with E-state index in [-0.39, 0.29) is 0 Å². The number of hydrogen-bond acceptors (Lipinski definition) is 1. The van der Waals surface area contributed by atoms with Gasteiger partial charge in [-0.2, -0.15) is 0 Å². The molecule has 156 valence electrons. The van der Waals surface area contributed by atoms with E-state index in [1.54, 1.807) is 18.2 Å². The van der Waals surface area contributed by atoms with Crippen LogP contribution in [0.4, 0.5) is 18.7 Å².